The van der Waals surface area contributed by atoms with Gasteiger partial charge in [-0.15, -0.1) is 0 Å². The average molecular weight is 253 g/mol. The topological polar surface area (TPSA) is 35.6 Å². The minimum Gasteiger partial charge on any atom is -0.340 e. The van der Waals surface area contributed by atoms with Crippen LogP contribution in [0.5, 0.6) is 0 Å². The first-order valence-electron chi connectivity index (χ1n) is 7.42. The van der Waals surface area contributed by atoms with E-state index in [-0.39, 0.29) is 0 Å². The summed E-state index contributed by atoms with van der Waals surface area (Å²) in [7, 11) is 0. The normalized spacial score (nSPS) is 30.4. The molecule has 1 N–H and O–H groups in total. The number of piperidine rings is 1. The van der Waals surface area contributed by atoms with E-state index in [2.05, 4.69) is 24.1 Å². The molecule has 2 unspecified atom stereocenters. The zero-order valence-corrected chi connectivity index (χ0v) is 11.8. The van der Waals surface area contributed by atoms with Crippen LogP contribution in [-0.4, -0.2) is 60.5 Å². The highest BCUT2D eigenvalue weighted by Crippen LogP contribution is 2.22. The predicted molar refractivity (Wildman–Crippen MR) is 73.5 cm³/mol. The summed E-state index contributed by atoms with van der Waals surface area (Å²) in [5, 5.41) is 3.28. The Balaban J connectivity index is 1.77. The Hall–Kier alpha value is -0.610. The van der Waals surface area contributed by atoms with E-state index < -0.39 is 0 Å². The number of likely N-dealkylation sites (tertiary alicyclic amines) is 1. The van der Waals surface area contributed by atoms with Gasteiger partial charge in [0.1, 0.15) is 0 Å². The minimum absolute atomic E-state index is 0.335. The molecule has 0 aromatic carbocycles. The first-order valence-corrected chi connectivity index (χ1v) is 7.42. The lowest BCUT2D eigenvalue weighted by Crippen LogP contribution is -2.49. The number of nitrogens with one attached hydrogen (secondary N) is 1. The molecular formula is C14H27N3O. The summed E-state index contributed by atoms with van der Waals surface area (Å²) < 4.78 is 0. The van der Waals surface area contributed by atoms with E-state index in [9.17, 15) is 4.79 Å². The maximum absolute atomic E-state index is 12.1. The summed E-state index contributed by atoms with van der Waals surface area (Å²) in [5.74, 6) is 0.335. The van der Waals surface area contributed by atoms with Gasteiger partial charge in [-0.05, 0) is 26.7 Å². The number of carbonyl (C=O) groups is 1. The van der Waals surface area contributed by atoms with Gasteiger partial charge in [0, 0.05) is 51.2 Å². The second-order valence-corrected chi connectivity index (χ2v) is 5.75. The molecule has 4 heteroatoms. The summed E-state index contributed by atoms with van der Waals surface area (Å²) in [4.78, 5) is 16.7. The van der Waals surface area contributed by atoms with Gasteiger partial charge in [-0.25, -0.2) is 0 Å². The number of nitrogens with zero attached hydrogens (tertiary/aromatic N) is 2. The summed E-state index contributed by atoms with van der Waals surface area (Å²) in [6.07, 6.45) is 4.59. The Bertz CT molecular complexity index is 266. The molecule has 2 heterocycles. The van der Waals surface area contributed by atoms with Crippen LogP contribution in [-0.2, 0) is 4.79 Å². The Labute approximate surface area is 111 Å². The van der Waals surface area contributed by atoms with Crippen LogP contribution in [0.4, 0.5) is 0 Å². The molecule has 2 aliphatic heterocycles. The van der Waals surface area contributed by atoms with Gasteiger partial charge in [0.05, 0.1) is 0 Å². The fourth-order valence-electron chi connectivity index (χ4n) is 3.21. The first-order chi connectivity index (χ1) is 8.68. The van der Waals surface area contributed by atoms with Crippen molar-refractivity contribution >= 4 is 5.91 Å². The standard InChI is InChI=1S/C14H27N3O/c1-12-4-3-5-13(2)17(12)9-6-14(18)16-10-7-15-8-11-16/h12-13,15H,3-11H2,1-2H3. The van der Waals surface area contributed by atoms with Gasteiger partial charge in [-0.1, -0.05) is 6.42 Å². The maximum Gasteiger partial charge on any atom is 0.223 e. The molecule has 104 valence electrons. The minimum atomic E-state index is 0.335. The number of hydrogen-bond acceptors (Lipinski definition) is 3. The first kappa shape index (κ1) is 13.8. The van der Waals surface area contributed by atoms with Crippen LogP contribution in [0, 0.1) is 0 Å². The number of piperazine rings is 1. The fourth-order valence-corrected chi connectivity index (χ4v) is 3.21. The van der Waals surface area contributed by atoms with Crippen molar-refractivity contribution in [3.63, 3.8) is 0 Å². The molecule has 0 aromatic heterocycles. The smallest absolute Gasteiger partial charge is 0.223 e. The predicted octanol–water partition coefficient (Wildman–Crippen LogP) is 1.07. The summed E-state index contributed by atoms with van der Waals surface area (Å²) in [6, 6.07) is 1.29. The van der Waals surface area contributed by atoms with Crippen LogP contribution < -0.4 is 5.32 Å². The molecule has 2 aliphatic rings. The molecule has 18 heavy (non-hydrogen) atoms. The lowest BCUT2D eigenvalue weighted by atomic mass is 9.97. The van der Waals surface area contributed by atoms with Crippen molar-refractivity contribution in [1.82, 2.24) is 15.1 Å². The highest BCUT2D eigenvalue weighted by molar-refractivity contribution is 5.76. The Morgan fingerprint density at radius 2 is 1.78 bits per heavy atom. The van der Waals surface area contributed by atoms with E-state index >= 15 is 0 Å². The third kappa shape index (κ3) is 3.45. The average Bonchev–Trinajstić information content (AvgIpc) is 2.39. The zero-order valence-electron chi connectivity index (χ0n) is 11.8. The van der Waals surface area contributed by atoms with Crippen LogP contribution in [0.15, 0.2) is 0 Å². The van der Waals surface area contributed by atoms with Crippen molar-refractivity contribution < 1.29 is 4.79 Å². The second-order valence-electron chi connectivity index (χ2n) is 5.75. The van der Waals surface area contributed by atoms with Crippen LogP contribution in [0.3, 0.4) is 0 Å². The SMILES string of the molecule is CC1CCCC(C)N1CCC(=O)N1CCNCC1. The molecule has 2 rings (SSSR count). The van der Waals surface area contributed by atoms with E-state index in [0.717, 1.165) is 32.7 Å². The van der Waals surface area contributed by atoms with Crippen LogP contribution in [0.2, 0.25) is 0 Å². The van der Waals surface area contributed by atoms with Gasteiger partial charge in [0.15, 0.2) is 0 Å². The summed E-state index contributed by atoms with van der Waals surface area (Å²) in [6.45, 7) is 9.18. The molecule has 4 nitrogen and oxygen atoms in total. The van der Waals surface area contributed by atoms with Gasteiger partial charge in [0.2, 0.25) is 5.91 Å². The molecule has 0 radical (unpaired) electrons. The molecule has 0 aliphatic carbocycles. The quantitative estimate of drug-likeness (QED) is 0.817. The molecule has 0 saturated carbocycles. The number of amides is 1. The van der Waals surface area contributed by atoms with Gasteiger partial charge < -0.3 is 10.2 Å². The van der Waals surface area contributed by atoms with Gasteiger partial charge in [-0.3, -0.25) is 9.69 Å². The molecule has 1 amide bonds. The fraction of sp³-hybridized carbons (Fsp3) is 0.929. The Kier molecular flexibility index (Phi) is 5.01. The van der Waals surface area contributed by atoms with Gasteiger partial charge in [0.25, 0.3) is 0 Å². The highest BCUT2D eigenvalue weighted by Gasteiger charge is 2.25. The van der Waals surface area contributed by atoms with E-state index in [1.807, 2.05) is 4.90 Å². The summed E-state index contributed by atoms with van der Waals surface area (Å²) in [5.41, 5.74) is 0. The van der Waals surface area contributed by atoms with Gasteiger partial charge >= 0.3 is 0 Å². The highest BCUT2D eigenvalue weighted by atomic mass is 16.2. The third-order valence-electron chi connectivity index (χ3n) is 4.43. The lowest BCUT2D eigenvalue weighted by molar-refractivity contribution is -0.132. The van der Waals surface area contributed by atoms with E-state index in [0.29, 0.717) is 24.4 Å². The molecule has 2 fully saturated rings. The Morgan fingerprint density at radius 1 is 1.17 bits per heavy atom. The molecule has 2 atom stereocenters. The van der Waals surface area contributed by atoms with Crippen molar-refractivity contribution in [2.75, 3.05) is 32.7 Å². The van der Waals surface area contributed by atoms with Crippen molar-refractivity contribution in [2.24, 2.45) is 0 Å². The van der Waals surface area contributed by atoms with Crippen molar-refractivity contribution in [2.45, 2.75) is 51.6 Å². The van der Waals surface area contributed by atoms with Crippen LogP contribution in [0.1, 0.15) is 39.5 Å². The van der Waals surface area contributed by atoms with Crippen LogP contribution in [0.25, 0.3) is 0 Å². The van der Waals surface area contributed by atoms with Gasteiger partial charge in [-0.2, -0.15) is 0 Å². The molecule has 0 aromatic rings. The molecular weight excluding hydrogens is 226 g/mol. The second kappa shape index (κ2) is 6.53. The van der Waals surface area contributed by atoms with Crippen LogP contribution >= 0.6 is 0 Å². The number of carbonyl (C=O) groups excluding carboxylic acids is 1. The van der Waals surface area contributed by atoms with Crippen molar-refractivity contribution in [3.05, 3.63) is 0 Å². The Morgan fingerprint density at radius 3 is 2.39 bits per heavy atom. The molecule has 2 saturated heterocycles. The zero-order chi connectivity index (χ0) is 13.0. The third-order valence-corrected chi connectivity index (χ3v) is 4.43. The van der Waals surface area contributed by atoms with Crippen molar-refractivity contribution in [3.8, 4) is 0 Å². The molecule has 0 spiro atoms. The largest absolute Gasteiger partial charge is 0.340 e. The van der Waals surface area contributed by atoms with E-state index in [4.69, 9.17) is 0 Å². The summed E-state index contributed by atoms with van der Waals surface area (Å²) >= 11 is 0. The van der Waals surface area contributed by atoms with Crippen molar-refractivity contribution in [1.29, 1.82) is 0 Å². The maximum atomic E-state index is 12.1. The lowest BCUT2D eigenvalue weighted by Gasteiger charge is -2.39. The molecule has 0 bridgehead atoms. The van der Waals surface area contributed by atoms with E-state index in [1.165, 1.54) is 19.3 Å². The number of hydrogen-bond donors (Lipinski definition) is 1. The monoisotopic (exact) mass is 253 g/mol. The number of rotatable bonds is 3. The van der Waals surface area contributed by atoms with E-state index in [1.54, 1.807) is 0 Å².